The number of furan rings is 1. The maximum absolute atomic E-state index is 6.07. The number of rotatable bonds is 2. The van der Waals surface area contributed by atoms with Crippen molar-refractivity contribution < 1.29 is 4.42 Å². The standard InChI is InChI=1S/C12H11Cl2NO/c1-7(15)11-4-5-12(16-11)9-6-8(13)2-3-10(9)14/h2-7H,15H2,1H3. The molecule has 0 radical (unpaired) electrons. The third kappa shape index (κ3) is 2.24. The van der Waals surface area contributed by atoms with Gasteiger partial charge in [-0.3, -0.25) is 0 Å². The number of hydrogen-bond donors (Lipinski definition) is 1. The van der Waals surface area contributed by atoms with E-state index in [-0.39, 0.29) is 6.04 Å². The molecule has 0 aliphatic rings. The van der Waals surface area contributed by atoms with E-state index in [9.17, 15) is 0 Å². The Labute approximate surface area is 104 Å². The molecule has 16 heavy (non-hydrogen) atoms. The van der Waals surface area contributed by atoms with Crippen molar-refractivity contribution in [2.24, 2.45) is 5.73 Å². The molecule has 0 saturated heterocycles. The largest absolute Gasteiger partial charge is 0.459 e. The van der Waals surface area contributed by atoms with E-state index in [4.69, 9.17) is 33.4 Å². The molecule has 2 N–H and O–H groups in total. The highest BCUT2D eigenvalue weighted by molar-refractivity contribution is 6.35. The Morgan fingerprint density at radius 1 is 1.19 bits per heavy atom. The molecule has 0 bridgehead atoms. The first-order valence-electron chi connectivity index (χ1n) is 4.88. The molecule has 84 valence electrons. The van der Waals surface area contributed by atoms with Crippen LogP contribution in [0.2, 0.25) is 10.0 Å². The van der Waals surface area contributed by atoms with E-state index < -0.39 is 0 Å². The second kappa shape index (κ2) is 4.50. The highest BCUT2D eigenvalue weighted by atomic mass is 35.5. The molecular weight excluding hydrogens is 245 g/mol. The van der Waals surface area contributed by atoms with Crippen LogP contribution in [0.5, 0.6) is 0 Å². The Balaban J connectivity index is 2.46. The van der Waals surface area contributed by atoms with Crippen molar-refractivity contribution in [1.29, 1.82) is 0 Å². The van der Waals surface area contributed by atoms with Gasteiger partial charge in [-0.2, -0.15) is 0 Å². The van der Waals surface area contributed by atoms with Crippen LogP contribution in [0.1, 0.15) is 18.7 Å². The number of benzene rings is 1. The van der Waals surface area contributed by atoms with Crippen molar-refractivity contribution >= 4 is 23.2 Å². The van der Waals surface area contributed by atoms with Gasteiger partial charge >= 0.3 is 0 Å². The maximum atomic E-state index is 6.07. The summed E-state index contributed by atoms with van der Waals surface area (Å²) in [4.78, 5) is 0. The van der Waals surface area contributed by atoms with Gasteiger partial charge in [0.25, 0.3) is 0 Å². The summed E-state index contributed by atoms with van der Waals surface area (Å²) < 4.78 is 5.60. The third-order valence-electron chi connectivity index (χ3n) is 2.27. The Hall–Kier alpha value is -0.960. The molecule has 4 heteroatoms. The molecule has 0 aliphatic carbocycles. The lowest BCUT2D eigenvalue weighted by atomic mass is 10.2. The average Bonchev–Trinajstić information content (AvgIpc) is 2.70. The molecule has 0 saturated carbocycles. The zero-order chi connectivity index (χ0) is 11.7. The first-order valence-corrected chi connectivity index (χ1v) is 5.64. The van der Waals surface area contributed by atoms with Gasteiger partial charge in [-0.05, 0) is 37.3 Å². The van der Waals surface area contributed by atoms with Gasteiger partial charge in [0.2, 0.25) is 0 Å². The fourth-order valence-corrected chi connectivity index (χ4v) is 1.81. The van der Waals surface area contributed by atoms with Crippen LogP contribution in [0.3, 0.4) is 0 Å². The van der Waals surface area contributed by atoms with E-state index in [1.54, 1.807) is 18.2 Å². The van der Waals surface area contributed by atoms with E-state index in [1.165, 1.54) is 0 Å². The zero-order valence-corrected chi connectivity index (χ0v) is 10.2. The summed E-state index contributed by atoms with van der Waals surface area (Å²) in [5, 5.41) is 1.23. The summed E-state index contributed by atoms with van der Waals surface area (Å²) in [6.45, 7) is 1.86. The minimum absolute atomic E-state index is 0.133. The maximum Gasteiger partial charge on any atom is 0.135 e. The van der Waals surface area contributed by atoms with E-state index in [0.717, 1.165) is 11.3 Å². The predicted octanol–water partition coefficient (Wildman–Crippen LogP) is 4.27. The van der Waals surface area contributed by atoms with Crippen molar-refractivity contribution in [3.8, 4) is 11.3 Å². The molecule has 2 rings (SSSR count). The van der Waals surface area contributed by atoms with E-state index in [0.29, 0.717) is 15.8 Å². The molecule has 1 aromatic carbocycles. The lowest BCUT2D eigenvalue weighted by Gasteiger charge is -2.02. The predicted molar refractivity (Wildman–Crippen MR) is 66.8 cm³/mol. The van der Waals surface area contributed by atoms with Gasteiger partial charge in [0.05, 0.1) is 11.1 Å². The van der Waals surface area contributed by atoms with Gasteiger partial charge in [-0.25, -0.2) is 0 Å². The average molecular weight is 256 g/mol. The van der Waals surface area contributed by atoms with Crippen LogP contribution in [0, 0.1) is 0 Å². The molecule has 2 aromatic rings. The van der Waals surface area contributed by atoms with Crippen LogP contribution in [0.15, 0.2) is 34.7 Å². The van der Waals surface area contributed by atoms with E-state index in [1.807, 2.05) is 19.1 Å². The Bertz CT molecular complexity index is 505. The fraction of sp³-hybridized carbons (Fsp3) is 0.167. The summed E-state index contributed by atoms with van der Waals surface area (Å²) in [6, 6.07) is 8.81. The van der Waals surface area contributed by atoms with Crippen molar-refractivity contribution in [1.82, 2.24) is 0 Å². The third-order valence-corrected chi connectivity index (χ3v) is 2.83. The van der Waals surface area contributed by atoms with Gasteiger partial charge < -0.3 is 10.2 Å². The van der Waals surface area contributed by atoms with Crippen molar-refractivity contribution in [2.45, 2.75) is 13.0 Å². The molecule has 2 nitrogen and oxygen atoms in total. The molecule has 0 fully saturated rings. The minimum atomic E-state index is -0.133. The molecular formula is C12H11Cl2NO. The summed E-state index contributed by atoms with van der Waals surface area (Å²) in [7, 11) is 0. The fourth-order valence-electron chi connectivity index (χ4n) is 1.43. The lowest BCUT2D eigenvalue weighted by molar-refractivity contribution is 0.491. The zero-order valence-electron chi connectivity index (χ0n) is 8.71. The first-order chi connectivity index (χ1) is 7.58. The summed E-state index contributed by atoms with van der Waals surface area (Å²) in [6.07, 6.45) is 0. The molecule has 0 aliphatic heterocycles. The van der Waals surface area contributed by atoms with E-state index >= 15 is 0 Å². The summed E-state index contributed by atoms with van der Waals surface area (Å²) in [5.74, 6) is 1.41. The second-order valence-corrected chi connectivity index (χ2v) is 4.46. The van der Waals surface area contributed by atoms with Gasteiger partial charge in [-0.1, -0.05) is 23.2 Å². The van der Waals surface area contributed by atoms with Crippen LogP contribution in [-0.2, 0) is 0 Å². The Kier molecular flexibility index (Phi) is 3.24. The number of nitrogens with two attached hydrogens (primary N) is 1. The van der Waals surface area contributed by atoms with Crippen LogP contribution < -0.4 is 5.73 Å². The van der Waals surface area contributed by atoms with Gasteiger partial charge in [0.1, 0.15) is 11.5 Å². The van der Waals surface area contributed by atoms with Crippen molar-refractivity contribution in [3.63, 3.8) is 0 Å². The number of halogens is 2. The molecule has 0 spiro atoms. The summed E-state index contributed by atoms with van der Waals surface area (Å²) in [5.41, 5.74) is 6.50. The summed E-state index contributed by atoms with van der Waals surface area (Å²) >= 11 is 12.0. The SMILES string of the molecule is CC(N)c1ccc(-c2cc(Cl)ccc2Cl)o1. The minimum Gasteiger partial charge on any atom is -0.459 e. The molecule has 1 unspecified atom stereocenters. The van der Waals surface area contributed by atoms with Crippen LogP contribution in [0.25, 0.3) is 11.3 Å². The Morgan fingerprint density at radius 2 is 1.94 bits per heavy atom. The first kappa shape index (κ1) is 11.5. The van der Waals surface area contributed by atoms with Crippen molar-refractivity contribution in [2.75, 3.05) is 0 Å². The van der Waals surface area contributed by atoms with Gasteiger partial charge in [0.15, 0.2) is 0 Å². The second-order valence-electron chi connectivity index (χ2n) is 3.61. The van der Waals surface area contributed by atoms with Crippen LogP contribution >= 0.6 is 23.2 Å². The topological polar surface area (TPSA) is 39.2 Å². The van der Waals surface area contributed by atoms with Crippen LogP contribution in [0.4, 0.5) is 0 Å². The molecule has 1 atom stereocenters. The molecule has 1 heterocycles. The van der Waals surface area contributed by atoms with Crippen molar-refractivity contribution in [3.05, 3.63) is 46.1 Å². The quantitative estimate of drug-likeness (QED) is 0.871. The Morgan fingerprint density at radius 3 is 2.56 bits per heavy atom. The normalized spacial score (nSPS) is 12.8. The van der Waals surface area contributed by atoms with Gasteiger partial charge in [-0.15, -0.1) is 0 Å². The lowest BCUT2D eigenvalue weighted by Crippen LogP contribution is -2.02. The van der Waals surface area contributed by atoms with Gasteiger partial charge in [0, 0.05) is 10.6 Å². The molecule has 1 aromatic heterocycles. The monoisotopic (exact) mass is 255 g/mol. The number of hydrogen-bond acceptors (Lipinski definition) is 2. The highest BCUT2D eigenvalue weighted by Gasteiger charge is 2.11. The van der Waals surface area contributed by atoms with E-state index in [2.05, 4.69) is 0 Å². The smallest absolute Gasteiger partial charge is 0.135 e. The van der Waals surface area contributed by atoms with Crippen LogP contribution in [-0.4, -0.2) is 0 Å². The highest BCUT2D eigenvalue weighted by Crippen LogP contribution is 2.32. The molecule has 0 amide bonds.